The lowest BCUT2D eigenvalue weighted by atomic mass is 10.2. The monoisotopic (exact) mass is 356 g/mol. The van der Waals surface area contributed by atoms with E-state index in [0.29, 0.717) is 5.69 Å². The van der Waals surface area contributed by atoms with E-state index in [1.54, 1.807) is 30.8 Å². The molecule has 128 valence electrons. The fraction of sp³-hybridized carbons (Fsp3) is 0.176. The molecular weight excluding hydrogens is 340 g/mol. The van der Waals surface area contributed by atoms with Crippen LogP contribution in [0.5, 0.6) is 5.75 Å². The number of aryl methyl sites for hydroxylation is 1. The Morgan fingerprint density at radius 2 is 2.16 bits per heavy atom. The predicted octanol–water partition coefficient (Wildman–Crippen LogP) is 1.84. The summed E-state index contributed by atoms with van der Waals surface area (Å²) in [5.74, 6) is -0.117. The Kier molecular flexibility index (Phi) is 4.90. The second-order valence-corrected chi connectivity index (χ2v) is 6.16. The number of hydrogen-bond donors (Lipinski definition) is 1. The van der Waals surface area contributed by atoms with Crippen molar-refractivity contribution >= 4 is 17.2 Å². The Morgan fingerprint density at radius 3 is 2.88 bits per heavy atom. The average Bonchev–Trinajstić information content (AvgIpc) is 3.16. The van der Waals surface area contributed by atoms with E-state index in [-0.39, 0.29) is 29.3 Å². The SMILES string of the molecule is COc1cc(=O)n(C)cc1C(=O)NCc1nccnc1-c1cccs1. The van der Waals surface area contributed by atoms with E-state index in [1.807, 2.05) is 17.5 Å². The summed E-state index contributed by atoms with van der Waals surface area (Å²) in [4.78, 5) is 33.8. The van der Waals surface area contributed by atoms with Gasteiger partial charge in [0.05, 0.1) is 29.8 Å². The van der Waals surface area contributed by atoms with Gasteiger partial charge in [0, 0.05) is 31.7 Å². The third-order valence-electron chi connectivity index (χ3n) is 3.60. The molecule has 3 rings (SSSR count). The predicted molar refractivity (Wildman–Crippen MR) is 94.8 cm³/mol. The van der Waals surface area contributed by atoms with Gasteiger partial charge in [0.15, 0.2) is 0 Å². The maximum Gasteiger partial charge on any atom is 0.256 e. The number of nitrogens with one attached hydrogen (secondary N) is 1. The largest absolute Gasteiger partial charge is 0.496 e. The Morgan fingerprint density at radius 1 is 1.36 bits per heavy atom. The molecule has 0 fully saturated rings. The number of carbonyl (C=O) groups is 1. The van der Waals surface area contributed by atoms with Crippen molar-refractivity contribution < 1.29 is 9.53 Å². The molecular formula is C17H16N4O3S. The number of methoxy groups -OCH3 is 1. The van der Waals surface area contributed by atoms with Crippen LogP contribution in [-0.4, -0.2) is 27.6 Å². The molecule has 0 aromatic carbocycles. The lowest BCUT2D eigenvalue weighted by molar-refractivity contribution is 0.0946. The second kappa shape index (κ2) is 7.27. The minimum atomic E-state index is -0.352. The first-order valence-electron chi connectivity index (χ1n) is 7.46. The molecule has 1 amide bonds. The van der Waals surface area contributed by atoms with Gasteiger partial charge in [-0.05, 0) is 11.4 Å². The van der Waals surface area contributed by atoms with E-state index in [2.05, 4.69) is 15.3 Å². The lowest BCUT2D eigenvalue weighted by Gasteiger charge is -2.11. The van der Waals surface area contributed by atoms with Crippen molar-refractivity contribution in [3.63, 3.8) is 0 Å². The molecule has 0 bridgehead atoms. The van der Waals surface area contributed by atoms with Gasteiger partial charge in [-0.25, -0.2) is 0 Å². The number of ether oxygens (including phenoxy) is 1. The molecule has 0 saturated heterocycles. The molecule has 0 aliphatic heterocycles. The molecule has 0 spiro atoms. The highest BCUT2D eigenvalue weighted by molar-refractivity contribution is 7.13. The molecule has 1 N–H and O–H groups in total. The van der Waals surface area contributed by atoms with Crippen molar-refractivity contribution in [2.75, 3.05) is 7.11 Å². The summed E-state index contributed by atoms with van der Waals surface area (Å²) in [5.41, 5.74) is 1.45. The average molecular weight is 356 g/mol. The molecule has 3 aromatic rings. The molecule has 3 aromatic heterocycles. The van der Waals surface area contributed by atoms with Gasteiger partial charge in [-0.15, -0.1) is 11.3 Å². The van der Waals surface area contributed by atoms with Crippen molar-refractivity contribution in [1.82, 2.24) is 19.9 Å². The van der Waals surface area contributed by atoms with Crippen LogP contribution in [0.1, 0.15) is 16.1 Å². The van der Waals surface area contributed by atoms with E-state index in [0.717, 1.165) is 10.6 Å². The minimum absolute atomic E-state index is 0.214. The van der Waals surface area contributed by atoms with Gasteiger partial charge in [-0.2, -0.15) is 0 Å². The van der Waals surface area contributed by atoms with Gasteiger partial charge < -0.3 is 14.6 Å². The quantitative estimate of drug-likeness (QED) is 0.754. The lowest BCUT2D eigenvalue weighted by Crippen LogP contribution is -2.27. The summed E-state index contributed by atoms with van der Waals surface area (Å²) >= 11 is 1.56. The third-order valence-corrected chi connectivity index (χ3v) is 4.48. The second-order valence-electron chi connectivity index (χ2n) is 5.22. The smallest absolute Gasteiger partial charge is 0.256 e. The molecule has 25 heavy (non-hydrogen) atoms. The van der Waals surface area contributed by atoms with Gasteiger partial charge in [0.1, 0.15) is 11.4 Å². The first-order valence-corrected chi connectivity index (χ1v) is 8.34. The molecule has 0 aliphatic rings. The highest BCUT2D eigenvalue weighted by atomic mass is 32.1. The zero-order valence-corrected chi connectivity index (χ0v) is 14.5. The van der Waals surface area contributed by atoms with Crippen molar-refractivity contribution in [3.05, 3.63) is 63.8 Å². The highest BCUT2D eigenvalue weighted by Gasteiger charge is 2.16. The van der Waals surface area contributed by atoms with Crippen LogP contribution in [0.3, 0.4) is 0 Å². The summed E-state index contributed by atoms with van der Waals surface area (Å²) in [6.45, 7) is 0.214. The number of rotatable bonds is 5. The van der Waals surface area contributed by atoms with E-state index in [1.165, 1.54) is 23.9 Å². The molecule has 0 atom stereocenters. The first kappa shape index (κ1) is 16.8. The molecule has 0 unspecified atom stereocenters. The van der Waals surface area contributed by atoms with Gasteiger partial charge in [-0.1, -0.05) is 6.07 Å². The molecule has 0 saturated carbocycles. The Balaban J connectivity index is 1.83. The van der Waals surface area contributed by atoms with Crippen LogP contribution < -0.4 is 15.6 Å². The summed E-state index contributed by atoms with van der Waals surface area (Å²) in [5, 5.41) is 4.77. The molecule has 8 heteroatoms. The molecule has 7 nitrogen and oxygen atoms in total. The fourth-order valence-electron chi connectivity index (χ4n) is 2.33. The van der Waals surface area contributed by atoms with Crippen molar-refractivity contribution in [2.45, 2.75) is 6.54 Å². The van der Waals surface area contributed by atoms with Gasteiger partial charge in [-0.3, -0.25) is 19.6 Å². The van der Waals surface area contributed by atoms with Gasteiger partial charge in [0.2, 0.25) is 0 Å². The summed E-state index contributed by atoms with van der Waals surface area (Å²) in [7, 11) is 3.00. The van der Waals surface area contributed by atoms with E-state index >= 15 is 0 Å². The number of thiophene rings is 1. The summed E-state index contributed by atoms with van der Waals surface area (Å²) < 4.78 is 6.47. The Bertz CT molecular complexity index is 951. The van der Waals surface area contributed by atoms with Crippen molar-refractivity contribution in [1.29, 1.82) is 0 Å². The number of nitrogens with zero attached hydrogens (tertiary/aromatic N) is 3. The fourth-order valence-corrected chi connectivity index (χ4v) is 3.07. The third kappa shape index (κ3) is 3.58. The molecule has 3 heterocycles. The number of carbonyl (C=O) groups excluding carboxylic acids is 1. The van der Waals surface area contributed by atoms with E-state index in [9.17, 15) is 9.59 Å². The summed E-state index contributed by atoms with van der Waals surface area (Å²) in [6, 6.07) is 5.18. The molecule has 0 aliphatic carbocycles. The van der Waals surface area contributed by atoms with Gasteiger partial charge >= 0.3 is 0 Å². The number of aromatic nitrogens is 3. The van der Waals surface area contributed by atoms with Crippen LogP contribution in [0.4, 0.5) is 0 Å². The molecule has 0 radical (unpaired) electrons. The van der Waals surface area contributed by atoms with Crippen LogP contribution in [0.2, 0.25) is 0 Å². The maximum atomic E-state index is 12.5. The zero-order valence-electron chi connectivity index (χ0n) is 13.7. The Hall–Kier alpha value is -3.00. The minimum Gasteiger partial charge on any atom is -0.496 e. The van der Waals surface area contributed by atoms with Crippen LogP contribution in [0, 0.1) is 0 Å². The van der Waals surface area contributed by atoms with Crippen LogP contribution in [-0.2, 0) is 13.6 Å². The van der Waals surface area contributed by atoms with Crippen molar-refractivity contribution in [2.24, 2.45) is 7.05 Å². The number of amides is 1. The zero-order chi connectivity index (χ0) is 17.8. The van der Waals surface area contributed by atoms with Crippen LogP contribution in [0.25, 0.3) is 10.6 Å². The first-order chi connectivity index (χ1) is 12.1. The highest BCUT2D eigenvalue weighted by Crippen LogP contribution is 2.24. The van der Waals surface area contributed by atoms with E-state index < -0.39 is 0 Å². The normalized spacial score (nSPS) is 10.5. The summed E-state index contributed by atoms with van der Waals surface area (Å²) in [6.07, 6.45) is 4.66. The van der Waals surface area contributed by atoms with Gasteiger partial charge in [0.25, 0.3) is 11.5 Å². The Labute approximate surface area is 148 Å². The van der Waals surface area contributed by atoms with Crippen LogP contribution in [0.15, 0.2) is 47.0 Å². The van der Waals surface area contributed by atoms with Crippen molar-refractivity contribution in [3.8, 4) is 16.3 Å². The topological polar surface area (TPSA) is 86.1 Å². The van der Waals surface area contributed by atoms with Crippen LogP contribution >= 0.6 is 11.3 Å². The standard InChI is InChI=1S/C17H16N4O3S/c1-21-10-11(13(24-2)8-15(21)22)17(23)20-9-12-16(19-6-5-18-12)14-4-3-7-25-14/h3-8,10H,9H2,1-2H3,(H,20,23). The van der Waals surface area contributed by atoms with E-state index in [4.69, 9.17) is 4.74 Å². The number of hydrogen-bond acceptors (Lipinski definition) is 6. The number of pyridine rings is 1. The maximum absolute atomic E-state index is 12.5.